The van der Waals surface area contributed by atoms with Crippen LogP contribution in [0, 0.1) is 0 Å². The number of carbonyl (C=O) groups excluding carboxylic acids is 1. The number of allylic oxidation sites excluding steroid dienone is 4. The molecule has 0 amide bonds. The summed E-state index contributed by atoms with van der Waals surface area (Å²) >= 11 is 5.69. The Hall–Kier alpha value is -0.560. The molecule has 0 bridgehead atoms. The third-order valence-corrected chi connectivity index (χ3v) is 1.78. The van der Waals surface area contributed by atoms with Gasteiger partial charge in [0.25, 0.3) is 0 Å². The van der Waals surface area contributed by atoms with Gasteiger partial charge in [-0.25, -0.2) is 0 Å². The number of rotatable bonds is 1. The van der Waals surface area contributed by atoms with Crippen LogP contribution in [0.4, 0.5) is 0 Å². The Kier molecular flexibility index (Phi) is 2.28. The van der Waals surface area contributed by atoms with Crippen LogP contribution >= 0.6 is 11.6 Å². The van der Waals surface area contributed by atoms with Crippen molar-refractivity contribution in [2.24, 2.45) is 0 Å². The predicted octanol–water partition coefficient (Wildman–Crippen LogP) is 2.42. The molecule has 0 aromatic heterocycles. The molecule has 0 heterocycles. The van der Waals surface area contributed by atoms with E-state index in [1.54, 1.807) is 13.0 Å². The summed E-state index contributed by atoms with van der Waals surface area (Å²) in [6.07, 6.45) is 5.40. The number of carbonyl (C=O) groups is 1. The van der Waals surface area contributed by atoms with Crippen molar-refractivity contribution in [1.82, 2.24) is 0 Å². The maximum atomic E-state index is 10.8. The van der Waals surface area contributed by atoms with E-state index in [-0.39, 0.29) is 5.78 Å². The molecule has 0 fully saturated rings. The highest BCUT2D eigenvalue weighted by Gasteiger charge is 2.06. The van der Waals surface area contributed by atoms with E-state index in [9.17, 15) is 4.79 Å². The van der Waals surface area contributed by atoms with Crippen LogP contribution in [0.3, 0.4) is 0 Å². The van der Waals surface area contributed by atoms with Crippen LogP contribution in [-0.4, -0.2) is 5.78 Å². The first-order valence-electron chi connectivity index (χ1n) is 3.27. The van der Waals surface area contributed by atoms with Gasteiger partial charge in [0.2, 0.25) is 0 Å². The van der Waals surface area contributed by atoms with Crippen LogP contribution in [0.1, 0.15) is 19.8 Å². The number of hydrogen-bond donors (Lipinski definition) is 0. The Labute approximate surface area is 65.4 Å². The van der Waals surface area contributed by atoms with Crippen molar-refractivity contribution in [1.29, 1.82) is 0 Å². The van der Waals surface area contributed by atoms with Gasteiger partial charge in [0.05, 0.1) is 0 Å². The molecular formula is C8H9ClO. The van der Waals surface area contributed by atoms with Crippen molar-refractivity contribution >= 4 is 17.4 Å². The first-order chi connectivity index (χ1) is 4.70. The summed E-state index contributed by atoms with van der Waals surface area (Å²) < 4.78 is 0. The van der Waals surface area contributed by atoms with E-state index in [1.165, 1.54) is 0 Å². The van der Waals surface area contributed by atoms with Gasteiger partial charge in [-0.2, -0.15) is 0 Å². The van der Waals surface area contributed by atoms with Crippen LogP contribution in [0.25, 0.3) is 0 Å². The lowest BCUT2D eigenvalue weighted by atomic mass is 10.0. The molecule has 0 saturated heterocycles. The maximum absolute atomic E-state index is 10.8. The van der Waals surface area contributed by atoms with Gasteiger partial charge in [-0.05, 0) is 31.4 Å². The Balaban J connectivity index is 2.78. The quantitative estimate of drug-likeness (QED) is 0.570. The summed E-state index contributed by atoms with van der Waals surface area (Å²) in [5.74, 6) is 0.131. The molecule has 0 spiro atoms. The van der Waals surface area contributed by atoms with Gasteiger partial charge in [-0.15, -0.1) is 0 Å². The first kappa shape index (κ1) is 7.55. The van der Waals surface area contributed by atoms with Crippen LogP contribution in [-0.2, 0) is 4.79 Å². The topological polar surface area (TPSA) is 17.1 Å². The molecule has 1 aliphatic carbocycles. The Bertz CT molecular complexity index is 213. The van der Waals surface area contributed by atoms with Crippen LogP contribution in [0.5, 0.6) is 0 Å². The molecule has 0 aromatic carbocycles. The van der Waals surface area contributed by atoms with Crippen LogP contribution in [0.15, 0.2) is 22.8 Å². The highest BCUT2D eigenvalue weighted by atomic mass is 35.5. The molecule has 0 atom stereocenters. The fourth-order valence-corrected chi connectivity index (χ4v) is 1.18. The van der Waals surface area contributed by atoms with Gasteiger partial charge >= 0.3 is 0 Å². The largest absolute Gasteiger partial charge is 0.295 e. The van der Waals surface area contributed by atoms with Crippen molar-refractivity contribution in [3.63, 3.8) is 0 Å². The molecule has 10 heavy (non-hydrogen) atoms. The first-order valence-corrected chi connectivity index (χ1v) is 3.65. The molecule has 1 rings (SSSR count). The number of halogens is 1. The smallest absolute Gasteiger partial charge is 0.155 e. The van der Waals surface area contributed by atoms with E-state index >= 15 is 0 Å². The second kappa shape index (κ2) is 3.02. The van der Waals surface area contributed by atoms with E-state index < -0.39 is 0 Å². The summed E-state index contributed by atoms with van der Waals surface area (Å²) in [6, 6.07) is 0. The van der Waals surface area contributed by atoms with Gasteiger partial charge in [-0.3, -0.25) is 4.79 Å². The van der Waals surface area contributed by atoms with Gasteiger partial charge in [0.15, 0.2) is 5.78 Å². The Morgan fingerprint density at radius 3 is 2.80 bits per heavy atom. The average Bonchev–Trinajstić information content (AvgIpc) is 1.88. The third-order valence-electron chi connectivity index (χ3n) is 1.52. The lowest BCUT2D eigenvalue weighted by molar-refractivity contribution is -0.113. The highest BCUT2D eigenvalue weighted by molar-refractivity contribution is 6.31. The van der Waals surface area contributed by atoms with Crippen molar-refractivity contribution in [2.45, 2.75) is 19.8 Å². The molecule has 54 valence electrons. The summed E-state index contributed by atoms with van der Waals surface area (Å²) in [4.78, 5) is 10.8. The summed E-state index contributed by atoms with van der Waals surface area (Å²) in [5.41, 5.74) is 0.840. The highest BCUT2D eigenvalue weighted by Crippen LogP contribution is 2.19. The molecule has 0 aliphatic heterocycles. The van der Waals surface area contributed by atoms with Crippen LogP contribution < -0.4 is 0 Å². The van der Waals surface area contributed by atoms with Gasteiger partial charge < -0.3 is 0 Å². The zero-order chi connectivity index (χ0) is 7.56. The standard InChI is InChI=1S/C8H9ClO/c1-6(10)7-3-2-4-8(9)5-7/h4-5H,2-3H2,1H3. The van der Waals surface area contributed by atoms with Gasteiger partial charge in [0, 0.05) is 5.03 Å². The molecule has 0 radical (unpaired) electrons. The predicted molar refractivity (Wildman–Crippen MR) is 41.9 cm³/mol. The van der Waals surface area contributed by atoms with Crippen molar-refractivity contribution < 1.29 is 4.79 Å². The average molecular weight is 157 g/mol. The summed E-state index contributed by atoms with van der Waals surface area (Å²) in [7, 11) is 0. The second-order valence-electron chi connectivity index (χ2n) is 2.35. The molecule has 0 unspecified atom stereocenters. The van der Waals surface area contributed by atoms with Crippen molar-refractivity contribution in [2.75, 3.05) is 0 Å². The fraction of sp³-hybridized carbons (Fsp3) is 0.375. The Morgan fingerprint density at radius 2 is 2.40 bits per heavy atom. The SMILES string of the molecule is CC(=O)C1=CC(Cl)=CCC1. The zero-order valence-corrected chi connectivity index (χ0v) is 6.61. The molecule has 0 aromatic rings. The van der Waals surface area contributed by atoms with E-state index in [0.717, 1.165) is 18.4 Å². The Morgan fingerprint density at radius 1 is 1.70 bits per heavy atom. The third kappa shape index (κ3) is 1.71. The van der Waals surface area contributed by atoms with Gasteiger partial charge in [0.1, 0.15) is 0 Å². The minimum Gasteiger partial charge on any atom is -0.295 e. The van der Waals surface area contributed by atoms with E-state index in [0.29, 0.717) is 5.03 Å². The maximum Gasteiger partial charge on any atom is 0.155 e. The number of Topliss-reactive ketones (excluding diaryl/α,β-unsaturated/α-hetero) is 1. The van der Waals surface area contributed by atoms with Gasteiger partial charge in [-0.1, -0.05) is 17.7 Å². The molecular weight excluding hydrogens is 148 g/mol. The van der Waals surface area contributed by atoms with Crippen molar-refractivity contribution in [3.05, 3.63) is 22.8 Å². The van der Waals surface area contributed by atoms with E-state index in [2.05, 4.69) is 0 Å². The molecule has 1 nitrogen and oxygen atoms in total. The van der Waals surface area contributed by atoms with E-state index in [4.69, 9.17) is 11.6 Å². The molecule has 0 N–H and O–H groups in total. The van der Waals surface area contributed by atoms with Crippen LogP contribution in [0.2, 0.25) is 0 Å². The minimum atomic E-state index is 0.131. The molecule has 1 aliphatic rings. The lowest BCUT2D eigenvalue weighted by Crippen LogP contribution is -1.98. The minimum absolute atomic E-state index is 0.131. The summed E-state index contributed by atoms with van der Waals surface area (Å²) in [5, 5.41) is 0.691. The molecule has 0 saturated carbocycles. The monoisotopic (exact) mass is 156 g/mol. The second-order valence-corrected chi connectivity index (χ2v) is 2.79. The lowest BCUT2D eigenvalue weighted by Gasteiger charge is -2.05. The molecule has 2 heteroatoms. The fourth-order valence-electron chi connectivity index (χ4n) is 0.941. The number of hydrogen-bond acceptors (Lipinski definition) is 1. The zero-order valence-electron chi connectivity index (χ0n) is 5.86. The van der Waals surface area contributed by atoms with E-state index in [1.807, 2.05) is 6.08 Å². The summed E-state index contributed by atoms with van der Waals surface area (Å²) in [6.45, 7) is 1.57. The van der Waals surface area contributed by atoms with Crippen molar-refractivity contribution in [3.8, 4) is 0 Å². The number of ketones is 1. The normalized spacial score (nSPS) is 17.8.